The molecule has 0 aliphatic carbocycles. The summed E-state index contributed by atoms with van der Waals surface area (Å²) in [7, 11) is 0. The highest BCUT2D eigenvalue weighted by molar-refractivity contribution is 6.31. The number of pyridine rings is 1. The van der Waals surface area contributed by atoms with Gasteiger partial charge in [-0.25, -0.2) is 24.1 Å². The second kappa shape index (κ2) is 7.14. The van der Waals surface area contributed by atoms with Crippen LogP contribution >= 0.6 is 11.6 Å². The van der Waals surface area contributed by atoms with Crippen molar-refractivity contribution < 1.29 is 13.9 Å². The molecule has 8 nitrogen and oxygen atoms in total. The van der Waals surface area contributed by atoms with Crippen LogP contribution < -0.4 is 5.32 Å². The van der Waals surface area contributed by atoms with Crippen LogP contribution in [0.25, 0.3) is 22.4 Å². The predicted molar refractivity (Wildman–Crippen MR) is 107 cm³/mol. The fourth-order valence-corrected chi connectivity index (χ4v) is 3.16. The van der Waals surface area contributed by atoms with Gasteiger partial charge in [-0.15, -0.1) is 0 Å². The van der Waals surface area contributed by atoms with E-state index < -0.39 is 11.4 Å². The number of aromatic amines is 1. The molecule has 29 heavy (non-hydrogen) atoms. The van der Waals surface area contributed by atoms with Crippen LogP contribution in [0.3, 0.4) is 0 Å². The number of halogens is 2. The Hall–Kier alpha value is -2.94. The number of amides is 1. The number of hydrogen-bond donors (Lipinski definition) is 2. The summed E-state index contributed by atoms with van der Waals surface area (Å²) in [5.74, 6) is -0.152. The lowest BCUT2D eigenvalue weighted by molar-refractivity contribution is 0.0104. The van der Waals surface area contributed by atoms with Gasteiger partial charge in [0.2, 0.25) is 0 Å². The zero-order valence-electron chi connectivity index (χ0n) is 16.2. The number of hydrogen-bond acceptors (Lipinski definition) is 6. The molecule has 4 heterocycles. The Morgan fingerprint density at radius 2 is 2.10 bits per heavy atom. The number of nitrogens with zero attached hydrogens (tertiary/aromatic N) is 4. The first-order valence-corrected chi connectivity index (χ1v) is 9.47. The smallest absolute Gasteiger partial charge is 0.410 e. The molecule has 2 N–H and O–H groups in total. The number of ether oxygens (including phenoxy) is 1. The molecular formula is C19H20ClFN6O2. The molecule has 0 bridgehead atoms. The van der Waals surface area contributed by atoms with Gasteiger partial charge in [0, 0.05) is 36.4 Å². The number of anilines is 1. The summed E-state index contributed by atoms with van der Waals surface area (Å²) in [4.78, 5) is 29.2. The van der Waals surface area contributed by atoms with E-state index in [2.05, 4.69) is 25.3 Å². The SMILES string of the molecule is CC(C)(C)OC(=O)N1CC(Nc2nc(-c3c[nH]c4ncc(Cl)cc34)ncc2F)C1. The molecular weight excluding hydrogens is 399 g/mol. The standard InChI is InChI=1S/C19H20ClFN6O2/c1-19(2,3)29-18(28)27-8-11(9-27)25-17-14(21)7-24-16(26-17)13-6-23-15-12(13)4-10(20)5-22-15/h4-7,11H,8-9H2,1-3H3,(H,22,23)(H,24,25,26). The van der Waals surface area contributed by atoms with Gasteiger partial charge in [0.1, 0.15) is 11.2 Å². The molecule has 10 heteroatoms. The van der Waals surface area contributed by atoms with E-state index in [0.29, 0.717) is 35.1 Å². The quantitative estimate of drug-likeness (QED) is 0.670. The number of aromatic nitrogens is 4. The average Bonchev–Trinajstić information content (AvgIpc) is 3.00. The van der Waals surface area contributed by atoms with Crippen LogP contribution in [0.4, 0.5) is 15.0 Å². The minimum absolute atomic E-state index is 0.0770. The monoisotopic (exact) mass is 418 g/mol. The lowest BCUT2D eigenvalue weighted by atomic mass is 10.1. The van der Waals surface area contributed by atoms with Crippen LogP contribution in [0.15, 0.2) is 24.7 Å². The average molecular weight is 419 g/mol. The lowest BCUT2D eigenvalue weighted by Gasteiger charge is -2.40. The van der Waals surface area contributed by atoms with E-state index >= 15 is 0 Å². The molecule has 0 radical (unpaired) electrons. The normalized spacial score (nSPS) is 14.7. The molecule has 0 unspecified atom stereocenters. The van der Waals surface area contributed by atoms with Crippen molar-refractivity contribution in [2.75, 3.05) is 18.4 Å². The maximum atomic E-state index is 14.3. The largest absolute Gasteiger partial charge is 0.444 e. The molecule has 1 aliphatic rings. The van der Waals surface area contributed by atoms with E-state index in [1.807, 2.05) is 20.8 Å². The zero-order chi connectivity index (χ0) is 20.8. The first kappa shape index (κ1) is 19.4. The second-order valence-electron chi connectivity index (χ2n) is 7.87. The van der Waals surface area contributed by atoms with Gasteiger partial charge in [-0.1, -0.05) is 11.6 Å². The summed E-state index contributed by atoms with van der Waals surface area (Å²) in [5.41, 5.74) is 0.751. The van der Waals surface area contributed by atoms with Gasteiger partial charge in [0.15, 0.2) is 17.5 Å². The summed E-state index contributed by atoms with van der Waals surface area (Å²) in [6.07, 6.45) is 3.97. The van der Waals surface area contributed by atoms with Crippen molar-refractivity contribution in [1.82, 2.24) is 24.8 Å². The van der Waals surface area contributed by atoms with E-state index in [-0.39, 0.29) is 18.0 Å². The first-order valence-electron chi connectivity index (χ1n) is 9.09. The first-order chi connectivity index (χ1) is 13.7. The fraction of sp³-hybridized carbons (Fsp3) is 0.368. The maximum absolute atomic E-state index is 14.3. The maximum Gasteiger partial charge on any atom is 0.410 e. The van der Waals surface area contributed by atoms with Gasteiger partial charge in [0.05, 0.1) is 17.3 Å². The molecule has 0 spiro atoms. The molecule has 0 atom stereocenters. The minimum atomic E-state index is -0.569. The molecule has 1 amide bonds. The number of rotatable bonds is 3. The highest BCUT2D eigenvalue weighted by atomic mass is 35.5. The van der Waals surface area contributed by atoms with Crippen molar-refractivity contribution >= 4 is 34.5 Å². The summed E-state index contributed by atoms with van der Waals surface area (Å²) in [6, 6.07) is 1.62. The number of nitrogens with one attached hydrogen (secondary N) is 2. The van der Waals surface area contributed by atoms with Gasteiger partial charge in [-0.3, -0.25) is 0 Å². The highest BCUT2D eigenvalue weighted by Gasteiger charge is 2.34. The van der Waals surface area contributed by atoms with E-state index in [1.54, 1.807) is 17.2 Å². The van der Waals surface area contributed by atoms with Crippen molar-refractivity contribution in [3.63, 3.8) is 0 Å². The Balaban J connectivity index is 1.49. The van der Waals surface area contributed by atoms with E-state index in [0.717, 1.165) is 11.6 Å². The van der Waals surface area contributed by atoms with Gasteiger partial charge in [-0.2, -0.15) is 0 Å². The van der Waals surface area contributed by atoms with Gasteiger partial charge in [-0.05, 0) is 26.8 Å². The number of carbonyl (C=O) groups is 1. The number of carbonyl (C=O) groups excluding carboxylic acids is 1. The number of H-pyrrole nitrogens is 1. The Kier molecular flexibility index (Phi) is 4.77. The van der Waals surface area contributed by atoms with Crippen LogP contribution in [0.2, 0.25) is 5.02 Å². The molecule has 0 saturated carbocycles. The Bertz CT molecular complexity index is 1070. The van der Waals surface area contributed by atoms with Crippen molar-refractivity contribution in [1.29, 1.82) is 0 Å². The zero-order valence-corrected chi connectivity index (χ0v) is 16.9. The topological polar surface area (TPSA) is 96.0 Å². The van der Waals surface area contributed by atoms with Gasteiger partial charge in [0.25, 0.3) is 0 Å². The van der Waals surface area contributed by atoms with E-state index in [9.17, 15) is 9.18 Å². The minimum Gasteiger partial charge on any atom is -0.444 e. The van der Waals surface area contributed by atoms with Crippen LogP contribution in [0.1, 0.15) is 20.8 Å². The van der Waals surface area contributed by atoms with E-state index in [1.165, 1.54) is 6.20 Å². The summed E-state index contributed by atoms with van der Waals surface area (Å²) in [6.45, 7) is 6.24. The molecule has 1 fully saturated rings. The molecule has 1 saturated heterocycles. The van der Waals surface area contributed by atoms with Crippen molar-refractivity contribution in [3.05, 3.63) is 35.5 Å². The molecule has 0 aromatic carbocycles. The molecule has 3 aromatic rings. The van der Waals surface area contributed by atoms with Crippen molar-refractivity contribution in [3.8, 4) is 11.4 Å². The highest BCUT2D eigenvalue weighted by Crippen LogP contribution is 2.28. The fourth-order valence-electron chi connectivity index (χ4n) is 3.00. The third-order valence-corrected chi connectivity index (χ3v) is 4.56. The third-order valence-electron chi connectivity index (χ3n) is 4.36. The third kappa shape index (κ3) is 4.09. The summed E-state index contributed by atoms with van der Waals surface area (Å²) < 4.78 is 19.6. The van der Waals surface area contributed by atoms with Crippen LogP contribution in [-0.2, 0) is 4.74 Å². The molecule has 3 aromatic heterocycles. The van der Waals surface area contributed by atoms with Gasteiger partial charge >= 0.3 is 6.09 Å². The van der Waals surface area contributed by atoms with E-state index in [4.69, 9.17) is 16.3 Å². The van der Waals surface area contributed by atoms with Crippen LogP contribution in [0.5, 0.6) is 0 Å². The van der Waals surface area contributed by atoms with Crippen molar-refractivity contribution in [2.45, 2.75) is 32.4 Å². The Morgan fingerprint density at radius 3 is 2.83 bits per heavy atom. The molecule has 1 aliphatic heterocycles. The molecule has 152 valence electrons. The number of likely N-dealkylation sites (tertiary alicyclic amines) is 1. The Morgan fingerprint density at radius 1 is 1.34 bits per heavy atom. The lowest BCUT2D eigenvalue weighted by Crippen LogP contribution is -2.58. The summed E-state index contributed by atoms with van der Waals surface area (Å²) >= 11 is 6.03. The Labute approximate surface area is 171 Å². The second-order valence-corrected chi connectivity index (χ2v) is 8.31. The van der Waals surface area contributed by atoms with Crippen molar-refractivity contribution in [2.24, 2.45) is 0 Å². The molecule has 4 rings (SSSR count). The predicted octanol–water partition coefficient (Wildman–Crippen LogP) is 3.84. The summed E-state index contributed by atoms with van der Waals surface area (Å²) in [5, 5.41) is 4.26. The number of fused-ring (bicyclic) bond motifs is 1. The van der Waals surface area contributed by atoms with Gasteiger partial charge < -0.3 is 19.9 Å². The van der Waals surface area contributed by atoms with Crippen LogP contribution in [-0.4, -0.2) is 55.7 Å². The van der Waals surface area contributed by atoms with Crippen LogP contribution in [0, 0.1) is 5.82 Å².